The van der Waals surface area contributed by atoms with Gasteiger partial charge in [-0.25, -0.2) is 15.0 Å². The third-order valence-corrected chi connectivity index (χ3v) is 11.9. The number of rotatable bonds is 7. The molecule has 0 amide bonds. The average molecular weight is 707 g/mol. The topological polar surface area (TPSA) is 98.8 Å². The number of nitrogens with zero attached hydrogens (tertiary/aromatic N) is 6. The highest BCUT2D eigenvalue weighted by Crippen LogP contribution is 2.45. The summed E-state index contributed by atoms with van der Waals surface area (Å²) in [6.45, 7) is 15.2. The van der Waals surface area contributed by atoms with Gasteiger partial charge in [0.05, 0.1) is 17.8 Å². The Morgan fingerprint density at radius 3 is 2.37 bits per heavy atom. The van der Waals surface area contributed by atoms with Crippen molar-refractivity contribution >= 4 is 51.1 Å². The third-order valence-electron chi connectivity index (χ3n) is 11.6. The first kappa shape index (κ1) is 33.9. The van der Waals surface area contributed by atoms with E-state index in [-0.39, 0.29) is 11.8 Å². The van der Waals surface area contributed by atoms with E-state index in [1.54, 1.807) is 6.33 Å². The quantitative estimate of drug-likeness (QED) is 0.167. The Balaban J connectivity index is 1.20. The van der Waals surface area contributed by atoms with E-state index in [0.29, 0.717) is 29.2 Å². The number of likely N-dealkylation sites (tertiary alicyclic amines) is 1. The third kappa shape index (κ3) is 6.66. The fourth-order valence-electron chi connectivity index (χ4n) is 8.19. The second kappa shape index (κ2) is 13.1. The van der Waals surface area contributed by atoms with E-state index in [0.717, 1.165) is 115 Å². The molecular weight excluding hydrogens is 660 g/mol. The fraction of sp³-hybridized carbons (Fsp3) is 0.463. The van der Waals surface area contributed by atoms with Gasteiger partial charge >= 0.3 is 5.97 Å². The number of furan rings is 1. The van der Waals surface area contributed by atoms with E-state index in [4.69, 9.17) is 26.0 Å². The minimum Gasteiger partial charge on any atom is -0.481 e. The molecule has 1 N–H and O–H groups in total. The van der Waals surface area contributed by atoms with Crippen molar-refractivity contribution in [3.05, 3.63) is 76.3 Å². The van der Waals surface area contributed by atoms with E-state index >= 15 is 0 Å². The predicted octanol–water partition coefficient (Wildman–Crippen LogP) is 8.53. The van der Waals surface area contributed by atoms with Crippen LogP contribution in [0.1, 0.15) is 75.8 Å². The molecule has 266 valence electrons. The normalized spacial score (nSPS) is 19.1. The second-order valence-corrected chi connectivity index (χ2v) is 16.7. The number of fused-ring (bicyclic) bond motifs is 4. The number of aliphatic carboxylic acids is 1. The van der Waals surface area contributed by atoms with Gasteiger partial charge in [-0.1, -0.05) is 69.6 Å². The molecule has 51 heavy (non-hydrogen) atoms. The maximum absolute atomic E-state index is 12.3. The molecular formula is C41H47ClN6O3. The average Bonchev–Trinajstić information content (AvgIpc) is 3.49. The molecule has 0 bridgehead atoms. The van der Waals surface area contributed by atoms with E-state index in [2.05, 4.69) is 65.6 Å². The molecule has 3 aliphatic heterocycles. The molecule has 9 nitrogen and oxygen atoms in total. The van der Waals surface area contributed by atoms with Crippen LogP contribution in [0.4, 0.5) is 11.5 Å². The van der Waals surface area contributed by atoms with Crippen LogP contribution in [0.15, 0.2) is 53.2 Å². The Kier molecular flexibility index (Phi) is 8.70. The smallest absolute Gasteiger partial charge is 0.308 e. The Hall–Kier alpha value is -4.21. The summed E-state index contributed by atoms with van der Waals surface area (Å²) < 4.78 is 6.29. The van der Waals surface area contributed by atoms with E-state index < -0.39 is 5.97 Å². The zero-order valence-electron chi connectivity index (χ0n) is 30.1. The van der Waals surface area contributed by atoms with Gasteiger partial charge in [0.25, 0.3) is 0 Å². The highest BCUT2D eigenvalue weighted by Gasteiger charge is 2.33. The van der Waals surface area contributed by atoms with Crippen LogP contribution in [0, 0.1) is 10.8 Å². The Bertz CT molecular complexity index is 2120. The molecule has 0 unspecified atom stereocenters. The molecule has 0 saturated carbocycles. The lowest BCUT2D eigenvalue weighted by molar-refractivity contribution is -0.136. The number of hydrogen-bond donors (Lipinski definition) is 1. The number of para-hydroxylation sites is 1. The van der Waals surface area contributed by atoms with Crippen molar-refractivity contribution < 1.29 is 14.3 Å². The van der Waals surface area contributed by atoms with Crippen molar-refractivity contribution in [2.24, 2.45) is 10.8 Å². The SMILES string of the molecule is CC1(C)CCN(Cc2nc(Cl)c(CC(=O)O)c(N3CCC(C)(C)CC3)c2-c2ccc3c(c2)CCN(c2ncnc4c2oc2ccccc24)C3)CC1. The number of anilines is 2. The van der Waals surface area contributed by atoms with Crippen LogP contribution in [-0.2, 0) is 30.7 Å². The Morgan fingerprint density at radius 2 is 1.63 bits per heavy atom. The van der Waals surface area contributed by atoms with Crippen molar-refractivity contribution in [2.75, 3.05) is 42.5 Å². The molecule has 0 atom stereocenters. The van der Waals surface area contributed by atoms with Crippen LogP contribution in [-0.4, -0.2) is 63.7 Å². The molecule has 3 aliphatic rings. The highest BCUT2D eigenvalue weighted by molar-refractivity contribution is 6.31. The zero-order chi connectivity index (χ0) is 35.5. The first-order valence-electron chi connectivity index (χ1n) is 18.3. The van der Waals surface area contributed by atoms with Gasteiger partial charge in [-0.05, 0) is 84.8 Å². The molecule has 2 saturated heterocycles. The minimum absolute atomic E-state index is 0.165. The van der Waals surface area contributed by atoms with Gasteiger partial charge < -0.3 is 19.3 Å². The first-order chi connectivity index (χ1) is 24.4. The van der Waals surface area contributed by atoms with Crippen LogP contribution in [0.5, 0.6) is 0 Å². The molecule has 8 rings (SSSR count). The maximum atomic E-state index is 12.3. The van der Waals surface area contributed by atoms with E-state index in [9.17, 15) is 9.90 Å². The monoisotopic (exact) mass is 706 g/mol. The van der Waals surface area contributed by atoms with Crippen molar-refractivity contribution in [3.63, 3.8) is 0 Å². The summed E-state index contributed by atoms with van der Waals surface area (Å²) in [6.07, 6.45) is 6.61. The number of pyridine rings is 1. The number of carboxylic acids is 1. The molecule has 3 aromatic heterocycles. The summed E-state index contributed by atoms with van der Waals surface area (Å²) in [5.41, 5.74) is 10.1. The highest BCUT2D eigenvalue weighted by atomic mass is 35.5. The molecule has 0 spiro atoms. The predicted molar refractivity (Wildman–Crippen MR) is 204 cm³/mol. The summed E-state index contributed by atoms with van der Waals surface area (Å²) in [5, 5.41) is 11.4. The largest absolute Gasteiger partial charge is 0.481 e. The molecule has 6 heterocycles. The number of carboxylic acid groups (broad SMARTS) is 1. The lowest BCUT2D eigenvalue weighted by Gasteiger charge is -2.41. The molecule has 2 fully saturated rings. The summed E-state index contributed by atoms with van der Waals surface area (Å²) in [7, 11) is 0. The van der Waals surface area contributed by atoms with Gasteiger partial charge in [0, 0.05) is 49.2 Å². The van der Waals surface area contributed by atoms with Crippen molar-refractivity contribution in [1.29, 1.82) is 0 Å². The van der Waals surface area contributed by atoms with Crippen LogP contribution in [0.3, 0.4) is 0 Å². The van der Waals surface area contributed by atoms with Crippen LogP contribution >= 0.6 is 11.6 Å². The summed E-state index contributed by atoms with van der Waals surface area (Å²) in [4.78, 5) is 33.8. The van der Waals surface area contributed by atoms with Crippen molar-refractivity contribution in [3.8, 4) is 11.1 Å². The van der Waals surface area contributed by atoms with E-state index in [1.807, 2.05) is 24.3 Å². The number of halogens is 1. The second-order valence-electron chi connectivity index (χ2n) is 16.3. The summed E-state index contributed by atoms with van der Waals surface area (Å²) in [6, 6.07) is 14.7. The van der Waals surface area contributed by atoms with Crippen molar-refractivity contribution in [1.82, 2.24) is 19.9 Å². The summed E-state index contributed by atoms with van der Waals surface area (Å²) in [5.74, 6) is -0.0866. The molecule has 2 aromatic carbocycles. The Morgan fingerprint density at radius 1 is 0.902 bits per heavy atom. The van der Waals surface area contributed by atoms with E-state index in [1.165, 1.54) is 11.1 Å². The number of benzene rings is 2. The number of carbonyl (C=O) groups is 1. The fourth-order valence-corrected chi connectivity index (χ4v) is 8.45. The minimum atomic E-state index is -0.900. The molecule has 0 radical (unpaired) electrons. The van der Waals surface area contributed by atoms with Crippen molar-refractivity contribution in [2.45, 2.75) is 79.3 Å². The number of piperidine rings is 2. The van der Waals surface area contributed by atoms with Gasteiger partial charge in [0.1, 0.15) is 22.6 Å². The van der Waals surface area contributed by atoms with Gasteiger partial charge in [-0.2, -0.15) is 0 Å². The first-order valence-corrected chi connectivity index (χ1v) is 18.7. The lowest BCUT2D eigenvalue weighted by Crippen LogP contribution is -2.39. The summed E-state index contributed by atoms with van der Waals surface area (Å²) >= 11 is 6.99. The van der Waals surface area contributed by atoms with Crippen LogP contribution in [0.25, 0.3) is 33.2 Å². The molecule has 0 aliphatic carbocycles. The lowest BCUT2D eigenvalue weighted by atomic mass is 9.81. The molecule has 5 aromatic rings. The van der Waals surface area contributed by atoms with Gasteiger partial charge in [-0.15, -0.1) is 0 Å². The zero-order valence-corrected chi connectivity index (χ0v) is 30.9. The van der Waals surface area contributed by atoms with Crippen LogP contribution in [0.2, 0.25) is 5.15 Å². The van der Waals surface area contributed by atoms with Gasteiger partial charge in [-0.3, -0.25) is 9.69 Å². The molecule has 10 heteroatoms. The maximum Gasteiger partial charge on any atom is 0.308 e. The standard InChI is InChI=1S/C41H47ClN6O3/c1-40(2)12-17-46(18-13-40)24-31-34(36(30(22-33(49)50)38(42)45-31)47-19-14-41(3,4)15-20-47)27-9-10-28-23-48(16-11-26(28)21-27)39-37-35(43-25-44-39)29-7-5-6-8-32(29)51-37/h5-10,21,25H,11-20,22-24H2,1-4H3,(H,49,50). The number of hydrogen-bond acceptors (Lipinski definition) is 8. The van der Waals surface area contributed by atoms with Gasteiger partial charge in [0.2, 0.25) is 0 Å². The Labute approximate surface area is 304 Å². The number of aromatic nitrogens is 3. The van der Waals surface area contributed by atoms with Gasteiger partial charge in [0.15, 0.2) is 11.4 Å². The van der Waals surface area contributed by atoms with Crippen LogP contribution < -0.4 is 9.80 Å².